The van der Waals surface area contributed by atoms with Crippen LogP contribution in [-0.2, 0) is 4.79 Å². The third-order valence-electron chi connectivity index (χ3n) is 2.62. The lowest BCUT2D eigenvalue weighted by atomic mass is 10.2. The number of carbonyl (C=O) groups excluding carboxylic acids is 2. The van der Waals surface area contributed by atoms with E-state index in [0.29, 0.717) is 0 Å². The van der Waals surface area contributed by atoms with Gasteiger partial charge in [-0.25, -0.2) is 0 Å². The molecule has 0 atom stereocenters. The molecule has 0 radical (unpaired) electrons. The molecule has 2 rings (SSSR count). The minimum Gasteiger partial charge on any atom is -0.320 e. The van der Waals surface area contributed by atoms with Gasteiger partial charge in [0, 0.05) is 18.0 Å². The Morgan fingerprint density at radius 3 is 2.00 bits per heavy atom. The predicted octanol–water partition coefficient (Wildman–Crippen LogP) is 2.83. The molecule has 1 aromatic heterocycles. The van der Waals surface area contributed by atoms with Crippen molar-refractivity contribution in [3.05, 3.63) is 54.4 Å². The predicted molar refractivity (Wildman–Crippen MR) is 73.3 cm³/mol. The van der Waals surface area contributed by atoms with Crippen LogP contribution in [0.15, 0.2) is 48.8 Å². The highest BCUT2D eigenvalue weighted by Crippen LogP contribution is 2.24. The van der Waals surface area contributed by atoms with Gasteiger partial charge in [-0.1, -0.05) is 12.1 Å². The number of alkyl halides is 3. The number of halogens is 3. The largest absolute Gasteiger partial charge is 0.471 e. The molecule has 1 heterocycles. The molecule has 5 nitrogen and oxygen atoms in total. The number of para-hydroxylation sites is 2. The van der Waals surface area contributed by atoms with Crippen molar-refractivity contribution in [2.24, 2.45) is 0 Å². The minimum absolute atomic E-state index is 0.0573. The van der Waals surface area contributed by atoms with Gasteiger partial charge in [0.05, 0.1) is 11.4 Å². The SMILES string of the molecule is O=C(Nc1ccccc1NC(=O)C(F)(F)F)c1ccncc1. The highest BCUT2D eigenvalue weighted by Gasteiger charge is 2.39. The lowest BCUT2D eigenvalue weighted by molar-refractivity contribution is -0.167. The van der Waals surface area contributed by atoms with Crippen LogP contribution >= 0.6 is 0 Å². The van der Waals surface area contributed by atoms with Crippen molar-refractivity contribution in [1.82, 2.24) is 4.98 Å². The zero-order valence-corrected chi connectivity index (χ0v) is 11.0. The topological polar surface area (TPSA) is 71.1 Å². The number of aromatic nitrogens is 1. The van der Waals surface area contributed by atoms with Crippen molar-refractivity contribution < 1.29 is 22.8 Å². The van der Waals surface area contributed by atoms with E-state index in [1.165, 1.54) is 48.8 Å². The van der Waals surface area contributed by atoms with Crippen molar-refractivity contribution in [3.8, 4) is 0 Å². The number of pyridine rings is 1. The van der Waals surface area contributed by atoms with E-state index in [0.717, 1.165) is 0 Å². The van der Waals surface area contributed by atoms with Crippen LogP contribution in [0, 0.1) is 0 Å². The zero-order chi connectivity index (χ0) is 16.2. The molecular weight excluding hydrogens is 299 g/mol. The highest BCUT2D eigenvalue weighted by molar-refractivity contribution is 6.07. The minimum atomic E-state index is -5.01. The molecule has 0 fully saturated rings. The lowest BCUT2D eigenvalue weighted by Gasteiger charge is -2.13. The summed E-state index contributed by atoms with van der Waals surface area (Å²) in [4.78, 5) is 26.7. The molecule has 0 aliphatic rings. The van der Waals surface area contributed by atoms with Gasteiger partial charge in [0.2, 0.25) is 0 Å². The number of amides is 2. The molecular formula is C14H10F3N3O2. The number of benzene rings is 1. The van der Waals surface area contributed by atoms with E-state index < -0.39 is 18.0 Å². The summed E-state index contributed by atoms with van der Waals surface area (Å²) < 4.78 is 36.9. The maximum atomic E-state index is 12.3. The first-order chi connectivity index (χ1) is 10.4. The Bertz CT molecular complexity index is 687. The van der Waals surface area contributed by atoms with Crippen molar-refractivity contribution >= 4 is 23.2 Å². The van der Waals surface area contributed by atoms with Gasteiger partial charge in [-0.3, -0.25) is 14.6 Å². The van der Waals surface area contributed by atoms with Gasteiger partial charge >= 0.3 is 12.1 Å². The molecule has 0 bridgehead atoms. The highest BCUT2D eigenvalue weighted by atomic mass is 19.4. The number of carbonyl (C=O) groups is 2. The van der Waals surface area contributed by atoms with Crippen LogP contribution < -0.4 is 10.6 Å². The average molecular weight is 309 g/mol. The molecule has 0 saturated carbocycles. The summed E-state index contributed by atoms with van der Waals surface area (Å²) in [5.41, 5.74) is 0.195. The van der Waals surface area contributed by atoms with Crippen molar-refractivity contribution in [2.45, 2.75) is 6.18 Å². The normalized spacial score (nSPS) is 10.9. The van der Waals surface area contributed by atoms with E-state index in [1.807, 2.05) is 0 Å². The van der Waals surface area contributed by atoms with Gasteiger partial charge in [-0.15, -0.1) is 0 Å². The van der Waals surface area contributed by atoms with Crippen LogP contribution in [-0.4, -0.2) is 23.0 Å². The average Bonchev–Trinajstić information content (AvgIpc) is 2.49. The fraction of sp³-hybridized carbons (Fsp3) is 0.0714. The lowest BCUT2D eigenvalue weighted by Crippen LogP contribution is -2.30. The number of rotatable bonds is 3. The Hall–Kier alpha value is -2.90. The number of nitrogens with one attached hydrogen (secondary N) is 2. The summed E-state index contributed by atoms with van der Waals surface area (Å²) >= 11 is 0. The third-order valence-corrected chi connectivity index (χ3v) is 2.62. The van der Waals surface area contributed by atoms with Crippen LogP contribution in [0.4, 0.5) is 24.5 Å². The molecule has 1 aromatic carbocycles. The molecule has 2 N–H and O–H groups in total. The molecule has 2 aromatic rings. The standard InChI is InChI=1S/C14H10F3N3O2/c15-14(16,17)13(22)20-11-4-2-1-3-10(11)19-12(21)9-5-7-18-8-6-9/h1-8H,(H,19,21)(H,20,22). The maximum absolute atomic E-state index is 12.3. The first-order valence-electron chi connectivity index (χ1n) is 6.06. The molecule has 0 saturated heterocycles. The third kappa shape index (κ3) is 3.81. The van der Waals surface area contributed by atoms with Crippen LogP contribution in [0.2, 0.25) is 0 Å². The summed E-state index contributed by atoms with van der Waals surface area (Å²) in [6, 6.07) is 8.49. The van der Waals surface area contributed by atoms with Gasteiger partial charge in [-0.2, -0.15) is 13.2 Å². The van der Waals surface area contributed by atoms with Crippen molar-refractivity contribution in [1.29, 1.82) is 0 Å². The maximum Gasteiger partial charge on any atom is 0.471 e. The van der Waals surface area contributed by atoms with Gasteiger partial charge in [-0.05, 0) is 24.3 Å². The summed E-state index contributed by atoms with van der Waals surface area (Å²) in [7, 11) is 0. The molecule has 114 valence electrons. The monoisotopic (exact) mass is 309 g/mol. The molecule has 0 aliphatic heterocycles. The molecule has 0 unspecified atom stereocenters. The van der Waals surface area contributed by atoms with Gasteiger partial charge in [0.25, 0.3) is 5.91 Å². The zero-order valence-electron chi connectivity index (χ0n) is 11.0. The number of hydrogen-bond donors (Lipinski definition) is 2. The summed E-state index contributed by atoms with van der Waals surface area (Å²) in [6.45, 7) is 0. The summed E-state index contributed by atoms with van der Waals surface area (Å²) in [6.07, 6.45) is -2.19. The molecule has 8 heteroatoms. The summed E-state index contributed by atoms with van der Waals surface area (Å²) in [5, 5.41) is 4.15. The molecule has 0 aliphatic carbocycles. The van der Waals surface area contributed by atoms with Gasteiger partial charge in [0.1, 0.15) is 0 Å². The van der Waals surface area contributed by atoms with Crippen LogP contribution in [0.25, 0.3) is 0 Å². The number of nitrogens with zero attached hydrogens (tertiary/aromatic N) is 1. The van der Waals surface area contributed by atoms with E-state index >= 15 is 0 Å². The Morgan fingerprint density at radius 2 is 1.45 bits per heavy atom. The second kappa shape index (κ2) is 6.25. The molecule has 22 heavy (non-hydrogen) atoms. The van der Waals surface area contributed by atoms with Crippen LogP contribution in [0.5, 0.6) is 0 Å². The second-order valence-corrected chi connectivity index (χ2v) is 4.19. The number of hydrogen-bond acceptors (Lipinski definition) is 3. The quantitative estimate of drug-likeness (QED) is 0.916. The first-order valence-corrected chi connectivity index (χ1v) is 6.06. The van der Waals surface area contributed by atoms with E-state index in [4.69, 9.17) is 0 Å². The summed E-state index contributed by atoms with van der Waals surface area (Å²) in [5.74, 6) is -2.64. The van der Waals surface area contributed by atoms with E-state index in [1.54, 1.807) is 5.32 Å². The van der Waals surface area contributed by atoms with Gasteiger partial charge in [0.15, 0.2) is 0 Å². The Morgan fingerprint density at radius 1 is 0.909 bits per heavy atom. The Balaban J connectivity index is 2.19. The van der Waals surface area contributed by atoms with E-state index in [2.05, 4.69) is 10.3 Å². The van der Waals surface area contributed by atoms with Gasteiger partial charge < -0.3 is 10.6 Å². The second-order valence-electron chi connectivity index (χ2n) is 4.19. The Labute approximate surface area is 123 Å². The van der Waals surface area contributed by atoms with Crippen LogP contribution in [0.3, 0.4) is 0 Å². The smallest absolute Gasteiger partial charge is 0.320 e. The fourth-order valence-electron chi connectivity index (χ4n) is 1.59. The van der Waals surface area contributed by atoms with Crippen molar-refractivity contribution in [3.63, 3.8) is 0 Å². The molecule has 2 amide bonds. The van der Waals surface area contributed by atoms with Crippen molar-refractivity contribution in [2.75, 3.05) is 10.6 Å². The Kier molecular flexibility index (Phi) is 4.40. The van der Waals surface area contributed by atoms with E-state index in [-0.39, 0.29) is 16.9 Å². The first kappa shape index (κ1) is 15.5. The fourth-order valence-corrected chi connectivity index (χ4v) is 1.59. The molecule has 0 spiro atoms. The number of anilines is 2. The van der Waals surface area contributed by atoms with Crippen LogP contribution in [0.1, 0.15) is 10.4 Å². The van der Waals surface area contributed by atoms with E-state index in [9.17, 15) is 22.8 Å².